The third-order valence-electron chi connectivity index (χ3n) is 4.15. The maximum atomic E-state index is 12.0. The van der Waals surface area contributed by atoms with Gasteiger partial charge >= 0.3 is 6.09 Å². The van der Waals surface area contributed by atoms with Crippen molar-refractivity contribution in [1.82, 2.24) is 15.1 Å². The molecule has 5 nitrogen and oxygen atoms in total. The molecule has 1 atom stereocenters. The molecule has 1 amide bonds. The first-order valence-electron chi connectivity index (χ1n) is 8.38. The van der Waals surface area contributed by atoms with Crippen LogP contribution in [0.25, 0.3) is 0 Å². The van der Waals surface area contributed by atoms with Crippen LogP contribution in [0.15, 0.2) is 0 Å². The van der Waals surface area contributed by atoms with Gasteiger partial charge in [-0.15, -0.1) is 0 Å². The van der Waals surface area contributed by atoms with E-state index in [4.69, 9.17) is 4.74 Å². The molecule has 0 aliphatic carbocycles. The van der Waals surface area contributed by atoms with Crippen molar-refractivity contribution in [2.24, 2.45) is 0 Å². The second-order valence-electron chi connectivity index (χ2n) is 7.27. The molecule has 0 radical (unpaired) electrons. The van der Waals surface area contributed by atoms with Crippen LogP contribution in [-0.4, -0.2) is 66.8 Å². The normalized spacial score (nSPS) is 24.3. The first kappa shape index (κ1) is 16.6. The SMILES string of the molecule is CC(C)(C)OC(=O)N1CCC(NCCN2CCCCC2)C1. The Bertz CT molecular complexity index is 335. The lowest BCUT2D eigenvalue weighted by atomic mass is 10.1. The van der Waals surface area contributed by atoms with Crippen LogP contribution in [0, 0.1) is 0 Å². The Balaban J connectivity index is 1.62. The molecule has 2 fully saturated rings. The fourth-order valence-electron chi connectivity index (χ4n) is 3.03. The van der Waals surface area contributed by atoms with Gasteiger partial charge in [-0.25, -0.2) is 4.79 Å². The van der Waals surface area contributed by atoms with Crippen LogP contribution in [0.3, 0.4) is 0 Å². The zero-order valence-electron chi connectivity index (χ0n) is 13.9. The Hall–Kier alpha value is -0.810. The van der Waals surface area contributed by atoms with Gasteiger partial charge in [0.1, 0.15) is 5.60 Å². The van der Waals surface area contributed by atoms with Crippen LogP contribution in [0.5, 0.6) is 0 Å². The molecule has 122 valence electrons. The molecular weight excluding hydrogens is 266 g/mol. The van der Waals surface area contributed by atoms with Gasteiger partial charge in [-0.3, -0.25) is 0 Å². The molecule has 1 unspecified atom stereocenters. The van der Waals surface area contributed by atoms with Crippen molar-refractivity contribution >= 4 is 6.09 Å². The third kappa shape index (κ3) is 5.83. The molecular formula is C16H31N3O2. The molecule has 2 saturated heterocycles. The predicted octanol–water partition coefficient (Wildman–Crippen LogP) is 2.07. The van der Waals surface area contributed by atoms with Gasteiger partial charge in [0.15, 0.2) is 0 Å². The molecule has 5 heteroatoms. The van der Waals surface area contributed by atoms with E-state index in [2.05, 4.69) is 10.2 Å². The Morgan fingerprint density at radius 3 is 2.57 bits per heavy atom. The molecule has 0 aromatic rings. The zero-order chi connectivity index (χ0) is 15.3. The smallest absolute Gasteiger partial charge is 0.410 e. The number of piperidine rings is 1. The lowest BCUT2D eigenvalue weighted by Gasteiger charge is -2.27. The van der Waals surface area contributed by atoms with Gasteiger partial charge in [-0.2, -0.15) is 0 Å². The van der Waals surface area contributed by atoms with Crippen molar-refractivity contribution in [1.29, 1.82) is 0 Å². The molecule has 2 aliphatic rings. The number of hydrogen-bond donors (Lipinski definition) is 1. The first-order chi connectivity index (χ1) is 9.94. The van der Waals surface area contributed by atoms with Crippen molar-refractivity contribution in [3.8, 4) is 0 Å². The van der Waals surface area contributed by atoms with Crippen molar-refractivity contribution in [2.45, 2.75) is 58.1 Å². The summed E-state index contributed by atoms with van der Waals surface area (Å²) in [4.78, 5) is 16.4. The van der Waals surface area contributed by atoms with Gasteiger partial charge < -0.3 is 19.9 Å². The average Bonchev–Trinajstić information content (AvgIpc) is 2.87. The van der Waals surface area contributed by atoms with Gasteiger partial charge in [-0.05, 0) is 53.1 Å². The summed E-state index contributed by atoms with van der Waals surface area (Å²) < 4.78 is 5.42. The molecule has 0 aromatic heterocycles. The van der Waals surface area contributed by atoms with E-state index in [0.717, 1.165) is 32.6 Å². The Morgan fingerprint density at radius 1 is 1.19 bits per heavy atom. The quantitative estimate of drug-likeness (QED) is 0.863. The number of carbonyl (C=O) groups excluding carboxylic acids is 1. The van der Waals surface area contributed by atoms with Crippen molar-refractivity contribution in [2.75, 3.05) is 39.3 Å². The van der Waals surface area contributed by atoms with E-state index in [-0.39, 0.29) is 6.09 Å². The maximum Gasteiger partial charge on any atom is 0.410 e. The number of nitrogens with one attached hydrogen (secondary N) is 1. The van der Waals surface area contributed by atoms with E-state index in [1.54, 1.807) is 0 Å². The monoisotopic (exact) mass is 297 g/mol. The van der Waals surface area contributed by atoms with Crippen molar-refractivity contribution < 1.29 is 9.53 Å². The number of hydrogen-bond acceptors (Lipinski definition) is 4. The second kappa shape index (κ2) is 7.45. The summed E-state index contributed by atoms with van der Waals surface area (Å²) in [6.07, 6.45) is 4.92. The highest BCUT2D eigenvalue weighted by atomic mass is 16.6. The topological polar surface area (TPSA) is 44.8 Å². The van der Waals surface area contributed by atoms with Crippen LogP contribution < -0.4 is 5.32 Å². The van der Waals surface area contributed by atoms with Crippen molar-refractivity contribution in [3.05, 3.63) is 0 Å². The first-order valence-corrected chi connectivity index (χ1v) is 8.38. The van der Waals surface area contributed by atoms with E-state index in [0.29, 0.717) is 6.04 Å². The van der Waals surface area contributed by atoms with Crippen LogP contribution in [0.4, 0.5) is 4.79 Å². The van der Waals surface area contributed by atoms with Crippen molar-refractivity contribution in [3.63, 3.8) is 0 Å². The number of rotatable bonds is 4. The minimum absolute atomic E-state index is 0.178. The van der Waals surface area contributed by atoms with Gasteiger partial charge in [0.25, 0.3) is 0 Å². The second-order valence-corrected chi connectivity index (χ2v) is 7.27. The Morgan fingerprint density at radius 2 is 1.90 bits per heavy atom. The third-order valence-corrected chi connectivity index (χ3v) is 4.15. The molecule has 2 aliphatic heterocycles. The van der Waals surface area contributed by atoms with E-state index in [9.17, 15) is 4.79 Å². The Kier molecular flexibility index (Phi) is 5.88. The predicted molar refractivity (Wildman–Crippen MR) is 84.5 cm³/mol. The fraction of sp³-hybridized carbons (Fsp3) is 0.938. The molecule has 0 saturated carbocycles. The highest BCUT2D eigenvalue weighted by molar-refractivity contribution is 5.68. The molecule has 0 bridgehead atoms. The largest absolute Gasteiger partial charge is 0.444 e. The number of likely N-dealkylation sites (tertiary alicyclic amines) is 2. The summed E-state index contributed by atoms with van der Waals surface area (Å²) in [5, 5.41) is 3.59. The highest BCUT2D eigenvalue weighted by Gasteiger charge is 2.29. The molecule has 2 rings (SSSR count). The van der Waals surface area contributed by atoms with Gasteiger partial charge in [-0.1, -0.05) is 6.42 Å². The molecule has 0 aromatic carbocycles. The molecule has 0 spiro atoms. The molecule has 2 heterocycles. The number of amides is 1. The minimum atomic E-state index is -0.406. The van der Waals surface area contributed by atoms with Crippen LogP contribution in [0.2, 0.25) is 0 Å². The number of nitrogens with zero attached hydrogens (tertiary/aromatic N) is 2. The van der Waals surface area contributed by atoms with Gasteiger partial charge in [0, 0.05) is 32.2 Å². The van der Waals surface area contributed by atoms with E-state index < -0.39 is 5.60 Å². The fourth-order valence-corrected chi connectivity index (χ4v) is 3.03. The summed E-state index contributed by atoms with van der Waals surface area (Å²) in [6, 6.07) is 0.419. The lowest BCUT2D eigenvalue weighted by Crippen LogP contribution is -2.41. The van der Waals surface area contributed by atoms with Crippen LogP contribution in [-0.2, 0) is 4.74 Å². The van der Waals surface area contributed by atoms with Gasteiger partial charge in [0.2, 0.25) is 0 Å². The van der Waals surface area contributed by atoms with Gasteiger partial charge in [0.05, 0.1) is 0 Å². The van der Waals surface area contributed by atoms with E-state index in [1.807, 2.05) is 25.7 Å². The molecule has 21 heavy (non-hydrogen) atoms. The summed E-state index contributed by atoms with van der Waals surface area (Å²) in [5.74, 6) is 0. The summed E-state index contributed by atoms with van der Waals surface area (Å²) in [7, 11) is 0. The number of ether oxygens (including phenoxy) is 1. The standard InChI is InChI=1S/C16H31N3O2/c1-16(2,3)21-15(20)19-11-7-14(13-19)17-8-12-18-9-5-4-6-10-18/h14,17H,4-13H2,1-3H3. The van der Waals surface area contributed by atoms with Crippen LogP contribution >= 0.6 is 0 Å². The highest BCUT2D eigenvalue weighted by Crippen LogP contribution is 2.15. The Labute approximate surface area is 129 Å². The number of carbonyl (C=O) groups is 1. The summed E-state index contributed by atoms with van der Waals surface area (Å²) in [5.41, 5.74) is -0.406. The lowest BCUT2D eigenvalue weighted by molar-refractivity contribution is 0.0291. The summed E-state index contributed by atoms with van der Waals surface area (Å²) in [6.45, 7) is 12.0. The van der Waals surface area contributed by atoms with E-state index >= 15 is 0 Å². The average molecular weight is 297 g/mol. The maximum absolute atomic E-state index is 12.0. The molecule has 1 N–H and O–H groups in total. The summed E-state index contributed by atoms with van der Waals surface area (Å²) >= 11 is 0. The minimum Gasteiger partial charge on any atom is -0.444 e. The van der Waals surface area contributed by atoms with E-state index in [1.165, 1.54) is 32.4 Å². The zero-order valence-corrected chi connectivity index (χ0v) is 13.9. The van der Waals surface area contributed by atoms with Crippen LogP contribution in [0.1, 0.15) is 46.5 Å².